The van der Waals surface area contributed by atoms with Crippen LogP contribution in [-0.2, 0) is 19.1 Å². The van der Waals surface area contributed by atoms with E-state index in [1.54, 1.807) is 20.8 Å². The summed E-state index contributed by atoms with van der Waals surface area (Å²) < 4.78 is 10.4. The van der Waals surface area contributed by atoms with E-state index >= 15 is 0 Å². The van der Waals surface area contributed by atoms with Crippen LogP contribution in [0.25, 0.3) is 0 Å². The Kier molecular flexibility index (Phi) is 6.95. The van der Waals surface area contributed by atoms with E-state index in [0.717, 1.165) is 0 Å². The Hall–Kier alpha value is -1.99. The van der Waals surface area contributed by atoms with Crippen LogP contribution in [0.5, 0.6) is 0 Å². The lowest BCUT2D eigenvalue weighted by Gasteiger charge is -2.27. The monoisotopic (exact) mass is 416 g/mol. The number of rotatable bonds is 4. The van der Waals surface area contributed by atoms with Crippen LogP contribution in [0.15, 0.2) is 18.2 Å². The number of nitrogens with one attached hydrogen (secondary N) is 1. The number of hydrogen-bond acceptors (Lipinski definition) is 5. The molecular formula is C18H22Cl2N2O5. The van der Waals surface area contributed by atoms with Gasteiger partial charge in [-0.15, -0.1) is 0 Å². The van der Waals surface area contributed by atoms with Crippen LogP contribution >= 0.6 is 23.2 Å². The van der Waals surface area contributed by atoms with Gasteiger partial charge in [-0.1, -0.05) is 23.2 Å². The molecule has 1 N–H and O–H groups in total. The first-order chi connectivity index (χ1) is 12.5. The molecule has 7 nitrogen and oxygen atoms in total. The van der Waals surface area contributed by atoms with Crippen LogP contribution in [0.4, 0.5) is 10.5 Å². The van der Waals surface area contributed by atoms with E-state index in [9.17, 15) is 14.4 Å². The first-order valence-corrected chi connectivity index (χ1v) is 9.23. The molecule has 1 saturated heterocycles. The number of carbonyl (C=O) groups is 3. The third-order valence-corrected chi connectivity index (χ3v) is 4.08. The van der Waals surface area contributed by atoms with Gasteiger partial charge in [-0.3, -0.25) is 9.69 Å². The highest BCUT2D eigenvalue weighted by molar-refractivity contribution is 6.35. The van der Waals surface area contributed by atoms with Gasteiger partial charge in [-0.2, -0.15) is 0 Å². The first kappa shape index (κ1) is 21.3. The predicted molar refractivity (Wildman–Crippen MR) is 102 cm³/mol. The van der Waals surface area contributed by atoms with Gasteiger partial charge in [0.2, 0.25) is 0 Å². The molecule has 0 radical (unpaired) electrons. The zero-order chi connectivity index (χ0) is 20.2. The van der Waals surface area contributed by atoms with Crippen molar-refractivity contribution in [1.82, 2.24) is 4.90 Å². The molecule has 1 aromatic rings. The van der Waals surface area contributed by atoms with Crippen molar-refractivity contribution >= 4 is 46.9 Å². The smallest absolute Gasteiger partial charge is 0.411 e. The Balaban J connectivity index is 1.88. The average Bonchev–Trinajstić information content (AvgIpc) is 2.99. The summed E-state index contributed by atoms with van der Waals surface area (Å²) in [5, 5.41) is 3.28. The second-order valence-electron chi connectivity index (χ2n) is 7.15. The number of halogens is 2. The standard InChI is InChI=1S/C18H22Cl2N2O5/c1-18(2,3)27-17(25)22-6-4-5-14(22)16(24)26-10-15(23)21-13-8-11(19)7-12(20)9-13/h7-9,14H,4-6,10H2,1-3H3,(H,21,23)/t14-/m0/s1. The van der Waals surface area contributed by atoms with Crippen molar-refractivity contribution in [3.8, 4) is 0 Å². The molecular weight excluding hydrogens is 395 g/mol. The summed E-state index contributed by atoms with van der Waals surface area (Å²) in [6.07, 6.45) is 0.551. The maximum atomic E-state index is 12.3. The van der Waals surface area contributed by atoms with Gasteiger partial charge >= 0.3 is 12.1 Å². The fourth-order valence-electron chi connectivity index (χ4n) is 2.61. The van der Waals surface area contributed by atoms with E-state index in [-0.39, 0.29) is 0 Å². The van der Waals surface area contributed by atoms with Crippen LogP contribution in [0.2, 0.25) is 10.0 Å². The second kappa shape index (κ2) is 8.80. The third-order valence-electron chi connectivity index (χ3n) is 3.64. The minimum atomic E-state index is -0.756. The van der Waals surface area contributed by atoms with Gasteiger partial charge < -0.3 is 14.8 Å². The lowest BCUT2D eigenvalue weighted by molar-refractivity contribution is -0.151. The maximum absolute atomic E-state index is 12.3. The molecule has 2 amide bonds. The highest BCUT2D eigenvalue weighted by Gasteiger charge is 2.37. The Morgan fingerprint density at radius 3 is 2.41 bits per heavy atom. The molecule has 0 aliphatic carbocycles. The van der Waals surface area contributed by atoms with Gasteiger partial charge in [0, 0.05) is 22.3 Å². The summed E-state index contributed by atoms with van der Waals surface area (Å²) in [5.41, 5.74) is -0.267. The number of ether oxygens (including phenoxy) is 2. The van der Waals surface area contributed by atoms with Crippen molar-refractivity contribution in [2.75, 3.05) is 18.5 Å². The lowest BCUT2D eigenvalue weighted by Crippen LogP contribution is -2.44. The molecule has 2 rings (SSSR count). The van der Waals surface area contributed by atoms with Crippen LogP contribution in [0.1, 0.15) is 33.6 Å². The molecule has 0 unspecified atom stereocenters. The van der Waals surface area contributed by atoms with E-state index < -0.39 is 36.2 Å². The molecule has 0 spiro atoms. The minimum absolute atomic E-state index is 0.369. The van der Waals surface area contributed by atoms with Crippen molar-refractivity contribution in [2.45, 2.75) is 45.3 Å². The molecule has 148 valence electrons. The van der Waals surface area contributed by atoms with Crippen molar-refractivity contribution in [1.29, 1.82) is 0 Å². The molecule has 1 aliphatic rings. The van der Waals surface area contributed by atoms with Crippen LogP contribution in [0, 0.1) is 0 Å². The number of esters is 1. The van der Waals surface area contributed by atoms with Crippen molar-refractivity contribution in [3.63, 3.8) is 0 Å². The SMILES string of the molecule is CC(C)(C)OC(=O)N1CCC[C@H]1C(=O)OCC(=O)Nc1cc(Cl)cc(Cl)c1. The van der Waals surface area contributed by atoms with Gasteiger partial charge in [0.15, 0.2) is 6.61 Å². The summed E-state index contributed by atoms with van der Waals surface area (Å²) in [5.74, 6) is -1.18. The van der Waals surface area contributed by atoms with E-state index in [4.69, 9.17) is 32.7 Å². The minimum Gasteiger partial charge on any atom is -0.454 e. The Labute approximate surface area is 167 Å². The number of anilines is 1. The molecule has 1 aromatic carbocycles. The number of hydrogen-bond donors (Lipinski definition) is 1. The topological polar surface area (TPSA) is 84.9 Å². The molecule has 1 atom stereocenters. The fraction of sp³-hybridized carbons (Fsp3) is 0.500. The average molecular weight is 417 g/mol. The summed E-state index contributed by atoms with van der Waals surface area (Å²) >= 11 is 11.7. The van der Waals surface area contributed by atoms with E-state index in [0.29, 0.717) is 35.1 Å². The molecule has 0 aromatic heterocycles. The molecule has 1 aliphatic heterocycles. The summed E-state index contributed by atoms with van der Waals surface area (Å²) in [4.78, 5) is 37.8. The van der Waals surface area contributed by atoms with Crippen molar-refractivity contribution < 1.29 is 23.9 Å². The summed E-state index contributed by atoms with van der Waals surface area (Å²) in [6, 6.07) is 3.82. The van der Waals surface area contributed by atoms with Crippen LogP contribution < -0.4 is 5.32 Å². The predicted octanol–water partition coefficient (Wildman–Crippen LogP) is 3.87. The molecule has 27 heavy (non-hydrogen) atoms. The number of benzene rings is 1. The van der Waals surface area contributed by atoms with Crippen LogP contribution in [0.3, 0.4) is 0 Å². The maximum Gasteiger partial charge on any atom is 0.411 e. The largest absolute Gasteiger partial charge is 0.454 e. The normalized spacial score (nSPS) is 16.8. The molecule has 0 saturated carbocycles. The molecule has 1 heterocycles. The van der Waals surface area contributed by atoms with Gasteiger partial charge in [0.1, 0.15) is 11.6 Å². The summed E-state index contributed by atoms with van der Waals surface area (Å²) in [6.45, 7) is 5.17. The zero-order valence-electron chi connectivity index (χ0n) is 15.4. The quantitative estimate of drug-likeness (QED) is 0.752. The molecule has 1 fully saturated rings. The van der Waals surface area contributed by atoms with Gasteiger partial charge in [-0.25, -0.2) is 9.59 Å². The number of amides is 2. The van der Waals surface area contributed by atoms with Crippen LogP contribution in [-0.4, -0.2) is 47.7 Å². The highest BCUT2D eigenvalue weighted by Crippen LogP contribution is 2.23. The second-order valence-corrected chi connectivity index (χ2v) is 8.02. The first-order valence-electron chi connectivity index (χ1n) is 8.47. The number of carbonyl (C=O) groups excluding carboxylic acids is 3. The number of nitrogens with zero attached hydrogens (tertiary/aromatic N) is 1. The van der Waals surface area contributed by atoms with Gasteiger partial charge in [-0.05, 0) is 51.8 Å². The lowest BCUT2D eigenvalue weighted by atomic mass is 10.2. The Morgan fingerprint density at radius 1 is 1.19 bits per heavy atom. The van der Waals surface area contributed by atoms with Gasteiger partial charge in [0.05, 0.1) is 0 Å². The van der Waals surface area contributed by atoms with E-state index in [1.165, 1.54) is 23.1 Å². The van der Waals surface area contributed by atoms with Gasteiger partial charge in [0.25, 0.3) is 5.91 Å². The summed E-state index contributed by atoms with van der Waals surface area (Å²) in [7, 11) is 0. The van der Waals surface area contributed by atoms with Crippen molar-refractivity contribution in [3.05, 3.63) is 28.2 Å². The highest BCUT2D eigenvalue weighted by atomic mass is 35.5. The third kappa shape index (κ3) is 6.59. The molecule has 0 bridgehead atoms. The van der Waals surface area contributed by atoms with Crippen molar-refractivity contribution in [2.24, 2.45) is 0 Å². The van der Waals surface area contributed by atoms with E-state index in [2.05, 4.69) is 5.32 Å². The Bertz CT molecular complexity index is 713. The molecule has 9 heteroatoms. The zero-order valence-corrected chi connectivity index (χ0v) is 16.9. The van der Waals surface area contributed by atoms with E-state index in [1.807, 2.05) is 0 Å². The fourth-order valence-corrected chi connectivity index (χ4v) is 3.13. The Morgan fingerprint density at radius 2 is 1.81 bits per heavy atom. The number of likely N-dealkylation sites (tertiary alicyclic amines) is 1.